The summed E-state index contributed by atoms with van der Waals surface area (Å²) in [5, 5.41) is 6.91. The number of piperidine rings is 1. The minimum absolute atomic E-state index is 0.0533. The number of nitrogens with one attached hydrogen (secondary N) is 1. The van der Waals surface area contributed by atoms with E-state index in [1.54, 1.807) is 28.9 Å². The molecule has 3 heterocycles. The molecule has 1 unspecified atom stereocenters. The first-order valence-corrected chi connectivity index (χ1v) is 7.87. The summed E-state index contributed by atoms with van der Waals surface area (Å²) >= 11 is 0. The third-order valence-electron chi connectivity index (χ3n) is 4.11. The van der Waals surface area contributed by atoms with Gasteiger partial charge in [0.25, 0.3) is 5.91 Å². The van der Waals surface area contributed by atoms with Gasteiger partial charge in [0, 0.05) is 25.4 Å². The number of nitrogens with zero attached hydrogens (tertiary/aromatic N) is 4. The molecule has 0 aromatic carbocycles. The number of aromatic nitrogens is 3. The van der Waals surface area contributed by atoms with Gasteiger partial charge in [-0.3, -0.25) is 14.4 Å². The van der Waals surface area contributed by atoms with Gasteiger partial charge in [-0.1, -0.05) is 0 Å². The average molecular weight is 353 g/mol. The molecule has 1 fully saturated rings. The Balaban J connectivity index is 1.82. The van der Waals surface area contributed by atoms with Crippen LogP contribution in [0.4, 0.5) is 24.8 Å². The van der Waals surface area contributed by atoms with Crippen molar-refractivity contribution in [2.45, 2.75) is 32.0 Å². The van der Waals surface area contributed by atoms with Crippen molar-refractivity contribution < 1.29 is 18.0 Å². The zero-order chi connectivity index (χ0) is 18.2. The maximum atomic E-state index is 13.0. The van der Waals surface area contributed by atoms with Crippen molar-refractivity contribution in [3.05, 3.63) is 35.7 Å². The molecule has 134 valence electrons. The number of rotatable bonds is 3. The third-order valence-corrected chi connectivity index (χ3v) is 4.11. The second-order valence-electron chi connectivity index (χ2n) is 6.02. The Kier molecular flexibility index (Phi) is 4.40. The van der Waals surface area contributed by atoms with Crippen LogP contribution in [0.2, 0.25) is 0 Å². The predicted molar refractivity (Wildman–Crippen MR) is 86.2 cm³/mol. The quantitative estimate of drug-likeness (QED) is 0.922. The lowest BCUT2D eigenvalue weighted by molar-refractivity contribution is -0.137. The van der Waals surface area contributed by atoms with E-state index in [-0.39, 0.29) is 17.4 Å². The van der Waals surface area contributed by atoms with Crippen molar-refractivity contribution >= 4 is 17.5 Å². The Bertz CT molecular complexity index is 786. The maximum absolute atomic E-state index is 13.0. The molecule has 1 amide bonds. The first kappa shape index (κ1) is 17.2. The summed E-state index contributed by atoms with van der Waals surface area (Å²) in [6.45, 7) is 2.04. The van der Waals surface area contributed by atoms with Crippen molar-refractivity contribution in [1.82, 2.24) is 14.8 Å². The molecule has 1 atom stereocenters. The van der Waals surface area contributed by atoms with E-state index in [4.69, 9.17) is 0 Å². The fourth-order valence-corrected chi connectivity index (χ4v) is 2.95. The number of hydrogen-bond acceptors (Lipinski definition) is 4. The largest absolute Gasteiger partial charge is 0.416 e. The number of carbonyl (C=O) groups is 1. The van der Waals surface area contributed by atoms with Crippen molar-refractivity contribution in [2.75, 3.05) is 16.8 Å². The van der Waals surface area contributed by atoms with Crippen LogP contribution < -0.4 is 10.2 Å². The third kappa shape index (κ3) is 3.59. The fourth-order valence-electron chi connectivity index (χ4n) is 2.95. The standard InChI is InChI=1S/C16H18F3N5O/c1-10-8-11(16(17,18)19)9-13(21-10)22-12-4-3-7-24(15(12)25)14-5-6-20-23(14)2/h5-6,8-9,12H,3-4,7H2,1-2H3,(H,21,22). The van der Waals surface area contributed by atoms with E-state index < -0.39 is 17.8 Å². The Labute approximate surface area is 142 Å². The molecule has 9 heteroatoms. The highest BCUT2D eigenvalue weighted by Crippen LogP contribution is 2.31. The highest BCUT2D eigenvalue weighted by Gasteiger charge is 2.33. The SMILES string of the molecule is Cc1cc(C(F)(F)F)cc(NC2CCCN(c3ccnn3C)C2=O)n1. The van der Waals surface area contributed by atoms with E-state index in [0.29, 0.717) is 18.8 Å². The minimum atomic E-state index is -4.46. The van der Waals surface area contributed by atoms with Crippen LogP contribution in [0.1, 0.15) is 24.1 Å². The summed E-state index contributed by atoms with van der Waals surface area (Å²) in [5.41, 5.74) is -0.543. The van der Waals surface area contributed by atoms with Gasteiger partial charge in [0.2, 0.25) is 0 Å². The van der Waals surface area contributed by atoms with Crippen molar-refractivity contribution in [3.63, 3.8) is 0 Å². The number of alkyl halides is 3. The molecule has 25 heavy (non-hydrogen) atoms. The molecule has 0 bridgehead atoms. The number of aryl methyl sites for hydroxylation is 2. The monoisotopic (exact) mass is 353 g/mol. The maximum Gasteiger partial charge on any atom is 0.416 e. The van der Waals surface area contributed by atoms with Crippen molar-refractivity contribution in [1.29, 1.82) is 0 Å². The molecule has 1 N–H and O–H groups in total. The molecule has 3 rings (SSSR count). The second kappa shape index (κ2) is 6.38. The van der Waals surface area contributed by atoms with E-state index >= 15 is 0 Å². The van der Waals surface area contributed by atoms with Crippen LogP contribution in [-0.4, -0.2) is 33.3 Å². The van der Waals surface area contributed by atoms with Crippen LogP contribution in [0.3, 0.4) is 0 Å². The molecule has 0 saturated carbocycles. The van der Waals surface area contributed by atoms with Gasteiger partial charge in [0.05, 0.1) is 11.8 Å². The molecular weight excluding hydrogens is 335 g/mol. The zero-order valence-electron chi connectivity index (χ0n) is 13.8. The number of carbonyl (C=O) groups excluding carboxylic acids is 1. The Hall–Kier alpha value is -2.58. The van der Waals surface area contributed by atoms with E-state index in [1.165, 1.54) is 6.92 Å². The topological polar surface area (TPSA) is 63.1 Å². The molecule has 1 aliphatic heterocycles. The van der Waals surface area contributed by atoms with Gasteiger partial charge < -0.3 is 5.32 Å². The van der Waals surface area contributed by atoms with Gasteiger partial charge in [-0.25, -0.2) is 4.98 Å². The lowest BCUT2D eigenvalue weighted by Crippen LogP contribution is -2.48. The normalized spacial score (nSPS) is 18.5. The summed E-state index contributed by atoms with van der Waals surface area (Å²) in [7, 11) is 1.73. The molecule has 6 nitrogen and oxygen atoms in total. The van der Waals surface area contributed by atoms with Crippen LogP contribution >= 0.6 is 0 Å². The van der Waals surface area contributed by atoms with Gasteiger partial charge in [-0.05, 0) is 31.9 Å². The van der Waals surface area contributed by atoms with Crippen molar-refractivity contribution in [2.24, 2.45) is 7.05 Å². The van der Waals surface area contributed by atoms with Crippen molar-refractivity contribution in [3.8, 4) is 0 Å². The van der Waals surface area contributed by atoms with E-state index in [9.17, 15) is 18.0 Å². The van der Waals surface area contributed by atoms with Gasteiger partial charge in [0.1, 0.15) is 17.7 Å². The molecule has 0 radical (unpaired) electrons. The molecule has 0 aliphatic carbocycles. The zero-order valence-corrected chi connectivity index (χ0v) is 13.8. The molecule has 1 aliphatic rings. The lowest BCUT2D eigenvalue weighted by Gasteiger charge is -2.32. The Morgan fingerprint density at radius 2 is 2.08 bits per heavy atom. The number of anilines is 2. The summed E-state index contributed by atoms with van der Waals surface area (Å²) in [6.07, 6.45) is -1.60. The van der Waals surface area contributed by atoms with Crippen LogP contribution in [0.5, 0.6) is 0 Å². The summed E-state index contributed by atoms with van der Waals surface area (Å²) in [6, 6.07) is 3.02. The summed E-state index contributed by atoms with van der Waals surface area (Å²) < 4.78 is 40.5. The number of amides is 1. The van der Waals surface area contributed by atoms with E-state index in [2.05, 4.69) is 15.4 Å². The van der Waals surface area contributed by atoms with E-state index in [1.807, 2.05) is 0 Å². The van der Waals surface area contributed by atoms with Gasteiger partial charge >= 0.3 is 6.18 Å². The molecular formula is C16H18F3N5O. The highest BCUT2D eigenvalue weighted by molar-refractivity contribution is 5.98. The average Bonchev–Trinajstić information content (AvgIpc) is 2.94. The summed E-state index contributed by atoms with van der Waals surface area (Å²) in [5.74, 6) is 0.508. The molecule has 2 aromatic rings. The smallest absolute Gasteiger partial charge is 0.358 e. The number of pyridine rings is 1. The second-order valence-corrected chi connectivity index (χ2v) is 6.02. The Morgan fingerprint density at radius 1 is 1.32 bits per heavy atom. The first-order valence-electron chi connectivity index (χ1n) is 7.87. The lowest BCUT2D eigenvalue weighted by atomic mass is 10.0. The van der Waals surface area contributed by atoms with Crippen LogP contribution in [0.15, 0.2) is 24.4 Å². The predicted octanol–water partition coefficient (Wildman–Crippen LogP) is 2.75. The summed E-state index contributed by atoms with van der Waals surface area (Å²) in [4.78, 5) is 18.4. The van der Waals surface area contributed by atoms with Crippen LogP contribution in [0, 0.1) is 6.92 Å². The molecule has 2 aromatic heterocycles. The van der Waals surface area contributed by atoms with Gasteiger partial charge in [0.15, 0.2) is 0 Å². The van der Waals surface area contributed by atoms with Gasteiger partial charge in [-0.15, -0.1) is 0 Å². The highest BCUT2D eigenvalue weighted by atomic mass is 19.4. The molecule has 0 spiro atoms. The van der Waals surface area contributed by atoms with Gasteiger partial charge in [-0.2, -0.15) is 18.3 Å². The van der Waals surface area contributed by atoms with Crippen LogP contribution in [0.25, 0.3) is 0 Å². The minimum Gasteiger partial charge on any atom is -0.358 e. The first-order chi connectivity index (χ1) is 11.8. The van der Waals surface area contributed by atoms with E-state index in [0.717, 1.165) is 18.6 Å². The Morgan fingerprint density at radius 3 is 2.72 bits per heavy atom. The molecule has 1 saturated heterocycles. The number of halogens is 3. The fraction of sp³-hybridized carbons (Fsp3) is 0.438. The van der Waals surface area contributed by atoms with Crippen LogP contribution in [-0.2, 0) is 18.0 Å². The number of hydrogen-bond donors (Lipinski definition) is 1.